The third-order valence-corrected chi connectivity index (χ3v) is 4.91. The fourth-order valence-corrected chi connectivity index (χ4v) is 3.24. The lowest BCUT2D eigenvalue weighted by Gasteiger charge is -2.33. The van der Waals surface area contributed by atoms with Crippen molar-refractivity contribution < 1.29 is 18.7 Å². The number of nitrogens with zero attached hydrogens (tertiary/aromatic N) is 3. The molecule has 136 valence electrons. The maximum atomic E-state index is 11.2. The normalized spacial score (nSPS) is 21.7. The summed E-state index contributed by atoms with van der Waals surface area (Å²) in [6.07, 6.45) is 4.70. The second kappa shape index (κ2) is 6.77. The molecule has 1 aliphatic heterocycles. The number of hydrogen-bond acceptors (Lipinski definition) is 5. The van der Waals surface area contributed by atoms with Crippen molar-refractivity contribution in [3.8, 4) is 0 Å². The topological polar surface area (TPSA) is 77.2 Å². The molecule has 0 bridgehead atoms. The van der Waals surface area contributed by atoms with Gasteiger partial charge >= 0.3 is 7.12 Å². The summed E-state index contributed by atoms with van der Waals surface area (Å²) < 4.78 is 14.0. The summed E-state index contributed by atoms with van der Waals surface area (Å²) in [5, 5.41) is 3.43. The van der Waals surface area contributed by atoms with Crippen LogP contribution in [0.3, 0.4) is 0 Å². The van der Waals surface area contributed by atoms with Gasteiger partial charge < -0.3 is 9.31 Å². The van der Waals surface area contributed by atoms with Crippen molar-refractivity contribution in [2.24, 2.45) is 0 Å². The number of nitrogens with one attached hydrogen (secondary N) is 1. The highest BCUT2D eigenvalue weighted by Gasteiger charge is 2.60. The van der Waals surface area contributed by atoms with Gasteiger partial charge in [0.1, 0.15) is 5.60 Å². The molecule has 0 spiro atoms. The van der Waals surface area contributed by atoms with E-state index in [1.165, 1.54) is 13.3 Å². The van der Waals surface area contributed by atoms with Crippen molar-refractivity contribution in [2.75, 3.05) is 5.32 Å². The average Bonchev–Trinajstić information content (AvgIpc) is 2.77. The maximum absolute atomic E-state index is 11.2. The van der Waals surface area contributed by atoms with E-state index in [0.717, 1.165) is 0 Å². The van der Waals surface area contributed by atoms with Crippen molar-refractivity contribution in [3.63, 3.8) is 0 Å². The van der Waals surface area contributed by atoms with Crippen molar-refractivity contribution in [2.45, 2.75) is 39.0 Å². The van der Waals surface area contributed by atoms with E-state index < -0.39 is 18.4 Å². The minimum absolute atomic E-state index is 0.230. The monoisotopic (exact) mass is 395 g/mol. The Labute approximate surface area is 161 Å². The number of aromatic nitrogens is 3. The Balaban J connectivity index is 1.96. The summed E-state index contributed by atoms with van der Waals surface area (Å²) in [5.74, 6) is 0.126. The van der Waals surface area contributed by atoms with Gasteiger partial charge in [-0.05, 0) is 36.5 Å². The Bertz CT molecular complexity index is 867. The van der Waals surface area contributed by atoms with Crippen LogP contribution in [-0.2, 0) is 19.8 Å². The van der Waals surface area contributed by atoms with Gasteiger partial charge in [-0.15, -0.1) is 0 Å². The molecule has 1 fully saturated rings. The first-order valence-corrected chi connectivity index (χ1v) is 8.69. The number of carbonyl (C=O) groups is 1. The molecule has 0 aromatic carbocycles. The van der Waals surface area contributed by atoms with Crippen LogP contribution >= 0.6 is 23.2 Å². The van der Waals surface area contributed by atoms with Crippen molar-refractivity contribution in [3.05, 3.63) is 41.0 Å². The molecule has 1 unspecified atom stereocenters. The number of rotatable bonds is 3. The van der Waals surface area contributed by atoms with Crippen LogP contribution < -0.4 is 15.3 Å². The first-order chi connectivity index (χ1) is 12.1. The Morgan fingerprint density at radius 3 is 2.58 bits per heavy atom. The lowest BCUT2D eigenvalue weighted by Crippen LogP contribution is -2.64. The van der Waals surface area contributed by atoms with Gasteiger partial charge in [-0.1, -0.05) is 11.6 Å². The Hall–Kier alpha value is -1.74. The molecule has 0 saturated carbocycles. The third-order valence-electron chi connectivity index (χ3n) is 4.42. The molecule has 1 atom stereocenters. The molecule has 26 heavy (non-hydrogen) atoms. The summed E-state index contributed by atoms with van der Waals surface area (Å²) in [6, 6.07) is 3.30. The molecule has 3 heterocycles. The highest BCUT2D eigenvalue weighted by atomic mass is 35.5. The van der Waals surface area contributed by atoms with Gasteiger partial charge in [-0.3, -0.25) is 15.1 Å². The molecular weight excluding hydrogens is 378 g/mol. The molecule has 0 radical (unpaired) electrons. The SMILES string of the molecule is CC(=O)Nc1cc(Cl)[n+](C2(C)OB(c3cncc(Cl)c3)OC2(C)C)cn1. The van der Waals surface area contributed by atoms with Gasteiger partial charge in [-0.25, -0.2) is 0 Å². The quantitative estimate of drug-likeness (QED) is 0.488. The number of anilines is 1. The summed E-state index contributed by atoms with van der Waals surface area (Å²) in [7, 11) is -0.667. The molecule has 3 rings (SSSR count). The molecular formula is C16H18BCl2N4O3+. The second-order valence-electron chi connectivity index (χ2n) is 6.65. The first kappa shape index (κ1) is 19.0. The van der Waals surface area contributed by atoms with Gasteiger partial charge in [0.25, 0.3) is 12.1 Å². The number of halogens is 2. The smallest absolute Gasteiger partial charge is 0.395 e. The van der Waals surface area contributed by atoms with Crippen LogP contribution in [0.2, 0.25) is 10.2 Å². The summed E-state index contributed by atoms with van der Waals surface area (Å²) in [6.45, 7) is 7.06. The Kier molecular flexibility index (Phi) is 4.96. The van der Waals surface area contributed by atoms with Crippen LogP contribution in [0.5, 0.6) is 0 Å². The molecule has 1 saturated heterocycles. The molecule has 2 aromatic heterocycles. The van der Waals surface area contributed by atoms with E-state index in [0.29, 0.717) is 21.5 Å². The highest BCUT2D eigenvalue weighted by Crippen LogP contribution is 2.38. The zero-order chi connectivity index (χ0) is 19.1. The molecule has 10 heteroatoms. The lowest BCUT2D eigenvalue weighted by molar-refractivity contribution is -0.806. The van der Waals surface area contributed by atoms with Crippen LogP contribution in [0.4, 0.5) is 5.82 Å². The van der Waals surface area contributed by atoms with Crippen molar-refractivity contribution in [1.82, 2.24) is 9.97 Å². The van der Waals surface area contributed by atoms with E-state index >= 15 is 0 Å². The van der Waals surface area contributed by atoms with E-state index in [9.17, 15) is 4.79 Å². The highest BCUT2D eigenvalue weighted by molar-refractivity contribution is 6.62. The largest absolute Gasteiger partial charge is 0.499 e. The maximum Gasteiger partial charge on any atom is 0.499 e. The van der Waals surface area contributed by atoms with Crippen LogP contribution in [-0.4, -0.2) is 28.6 Å². The van der Waals surface area contributed by atoms with Gasteiger partial charge in [0.05, 0.1) is 11.1 Å². The first-order valence-electron chi connectivity index (χ1n) is 7.94. The average molecular weight is 396 g/mol. The van der Waals surface area contributed by atoms with E-state index in [1.807, 2.05) is 20.8 Å². The number of amides is 1. The predicted octanol–water partition coefficient (Wildman–Crippen LogP) is 1.92. The molecule has 1 N–H and O–H groups in total. The standard InChI is InChI=1S/C16H17BCl2N4O3/c1-10(24)22-14-6-13(19)23(9-21-14)16(4)15(2,3)25-17(26-16)11-5-12(18)8-20-7-11/h5-9H,1-4H3/p+1. The number of hydrogen-bond donors (Lipinski definition) is 1. The number of pyridine rings is 1. The molecule has 2 aromatic rings. The van der Waals surface area contributed by atoms with E-state index in [2.05, 4.69) is 15.3 Å². The van der Waals surface area contributed by atoms with Crippen LogP contribution in [0.25, 0.3) is 0 Å². The van der Waals surface area contributed by atoms with Gasteiger partial charge in [-0.2, -0.15) is 4.57 Å². The summed E-state index contributed by atoms with van der Waals surface area (Å²) >= 11 is 12.5. The van der Waals surface area contributed by atoms with E-state index in [4.69, 9.17) is 32.5 Å². The number of carbonyl (C=O) groups excluding carboxylic acids is 1. The fraction of sp³-hybridized carbons (Fsp3) is 0.375. The zero-order valence-electron chi connectivity index (χ0n) is 14.8. The minimum atomic E-state index is -0.960. The van der Waals surface area contributed by atoms with Gasteiger partial charge in [0.2, 0.25) is 16.8 Å². The molecule has 0 aliphatic carbocycles. The lowest BCUT2D eigenvalue weighted by atomic mass is 9.80. The van der Waals surface area contributed by atoms with Crippen molar-refractivity contribution >= 4 is 47.5 Å². The zero-order valence-corrected chi connectivity index (χ0v) is 16.3. The predicted molar refractivity (Wildman–Crippen MR) is 98.3 cm³/mol. The second-order valence-corrected chi connectivity index (χ2v) is 7.47. The Morgan fingerprint density at radius 2 is 1.96 bits per heavy atom. The van der Waals surface area contributed by atoms with Gasteiger partial charge in [0.15, 0.2) is 0 Å². The van der Waals surface area contributed by atoms with E-state index in [1.54, 1.807) is 29.1 Å². The van der Waals surface area contributed by atoms with Crippen LogP contribution in [0.1, 0.15) is 27.7 Å². The summed E-state index contributed by atoms with van der Waals surface area (Å²) in [4.78, 5) is 19.5. The van der Waals surface area contributed by atoms with E-state index in [-0.39, 0.29) is 5.91 Å². The molecule has 7 nitrogen and oxygen atoms in total. The van der Waals surface area contributed by atoms with Gasteiger partial charge in [0, 0.05) is 31.7 Å². The third kappa shape index (κ3) is 3.42. The fourth-order valence-electron chi connectivity index (χ4n) is 2.75. The molecule has 1 amide bonds. The van der Waals surface area contributed by atoms with Crippen LogP contribution in [0, 0.1) is 0 Å². The summed E-state index contributed by atoms with van der Waals surface area (Å²) in [5.41, 5.74) is -1.00. The molecule has 1 aliphatic rings. The minimum Gasteiger partial charge on any atom is -0.395 e. The Morgan fingerprint density at radius 1 is 1.23 bits per heavy atom. The van der Waals surface area contributed by atoms with Crippen LogP contribution in [0.15, 0.2) is 30.9 Å². The van der Waals surface area contributed by atoms with Crippen molar-refractivity contribution in [1.29, 1.82) is 0 Å².